The third-order valence-corrected chi connectivity index (χ3v) is 4.82. The number of carboxylic acid groups (broad SMARTS) is 1. The van der Waals surface area contributed by atoms with Crippen LogP contribution in [0.4, 0.5) is 5.69 Å². The molecule has 1 atom stereocenters. The Hall–Kier alpha value is -1.56. The van der Waals surface area contributed by atoms with E-state index >= 15 is 0 Å². The van der Waals surface area contributed by atoms with Crippen molar-refractivity contribution in [1.82, 2.24) is 0 Å². The molecule has 92 valence electrons. The summed E-state index contributed by atoms with van der Waals surface area (Å²) in [6, 6.07) is 2.18. The second-order valence-corrected chi connectivity index (χ2v) is 6.20. The zero-order valence-electron chi connectivity index (χ0n) is 9.52. The second kappa shape index (κ2) is 3.73. The summed E-state index contributed by atoms with van der Waals surface area (Å²) >= 11 is 0. The molecule has 0 spiro atoms. The van der Waals surface area contributed by atoms with E-state index in [9.17, 15) is 13.2 Å². The van der Waals surface area contributed by atoms with Crippen molar-refractivity contribution in [3.63, 3.8) is 0 Å². The lowest BCUT2D eigenvalue weighted by Gasteiger charge is -2.26. The Bertz CT molecular complexity index is 592. The zero-order valence-corrected chi connectivity index (χ0v) is 10.3. The van der Waals surface area contributed by atoms with E-state index in [1.165, 1.54) is 6.07 Å². The number of sulfone groups is 1. The molecule has 0 saturated heterocycles. The molecule has 1 aliphatic heterocycles. The number of fused-ring (bicyclic) bond motifs is 1. The van der Waals surface area contributed by atoms with Gasteiger partial charge in [-0.3, -0.25) is 0 Å². The van der Waals surface area contributed by atoms with Gasteiger partial charge in [0.2, 0.25) is 0 Å². The molecule has 0 bridgehead atoms. The third kappa shape index (κ3) is 1.88. The lowest BCUT2D eigenvalue weighted by molar-refractivity contribution is -0.137. The SMILES string of the molecule is Cc1ccc2c(c1C)NC(C(=O)O)CS2(=O)=O. The molecule has 0 radical (unpaired) electrons. The quantitative estimate of drug-likeness (QED) is 0.780. The topological polar surface area (TPSA) is 83.5 Å². The minimum atomic E-state index is -3.52. The Balaban J connectivity index is 2.65. The molecule has 0 fully saturated rings. The Morgan fingerprint density at radius 3 is 2.65 bits per heavy atom. The average molecular weight is 255 g/mol. The fourth-order valence-corrected chi connectivity index (χ4v) is 3.53. The van der Waals surface area contributed by atoms with E-state index in [1.54, 1.807) is 13.0 Å². The van der Waals surface area contributed by atoms with E-state index in [0.29, 0.717) is 5.69 Å². The first-order chi connectivity index (χ1) is 7.83. The van der Waals surface area contributed by atoms with Crippen molar-refractivity contribution >= 4 is 21.5 Å². The number of aliphatic carboxylic acids is 1. The Morgan fingerprint density at radius 2 is 2.06 bits per heavy atom. The minimum Gasteiger partial charge on any atom is -0.480 e. The molecule has 0 amide bonds. The van der Waals surface area contributed by atoms with Crippen LogP contribution in [-0.2, 0) is 14.6 Å². The molecule has 17 heavy (non-hydrogen) atoms. The summed E-state index contributed by atoms with van der Waals surface area (Å²) in [7, 11) is -3.52. The van der Waals surface area contributed by atoms with Crippen molar-refractivity contribution in [3.05, 3.63) is 23.3 Å². The van der Waals surface area contributed by atoms with Gasteiger partial charge in [-0.1, -0.05) is 6.07 Å². The number of hydrogen-bond acceptors (Lipinski definition) is 4. The molecule has 1 heterocycles. The van der Waals surface area contributed by atoms with Crippen LogP contribution >= 0.6 is 0 Å². The van der Waals surface area contributed by atoms with Crippen LogP contribution in [0.2, 0.25) is 0 Å². The molecule has 0 aliphatic carbocycles. The normalized spacial score (nSPS) is 21.4. The number of benzene rings is 1. The van der Waals surface area contributed by atoms with Crippen molar-refractivity contribution in [2.24, 2.45) is 0 Å². The number of carboxylic acids is 1. The first kappa shape index (κ1) is 11.9. The molecule has 1 aromatic rings. The summed E-state index contributed by atoms with van der Waals surface area (Å²) in [5, 5.41) is 11.7. The second-order valence-electron chi connectivity index (χ2n) is 4.20. The fourth-order valence-electron chi connectivity index (χ4n) is 1.89. The molecule has 5 nitrogen and oxygen atoms in total. The van der Waals surface area contributed by atoms with Crippen LogP contribution < -0.4 is 5.32 Å². The van der Waals surface area contributed by atoms with Crippen molar-refractivity contribution < 1.29 is 18.3 Å². The highest BCUT2D eigenvalue weighted by molar-refractivity contribution is 7.91. The van der Waals surface area contributed by atoms with Gasteiger partial charge in [-0.2, -0.15) is 0 Å². The summed E-state index contributed by atoms with van der Waals surface area (Å²) < 4.78 is 23.9. The smallest absolute Gasteiger partial charge is 0.327 e. The third-order valence-electron chi connectivity index (χ3n) is 3.04. The van der Waals surface area contributed by atoms with Crippen molar-refractivity contribution in [3.8, 4) is 0 Å². The van der Waals surface area contributed by atoms with Crippen LogP contribution in [0, 0.1) is 13.8 Å². The van der Waals surface area contributed by atoms with Gasteiger partial charge in [0.15, 0.2) is 9.84 Å². The van der Waals surface area contributed by atoms with Gasteiger partial charge in [-0.05, 0) is 31.0 Å². The van der Waals surface area contributed by atoms with E-state index in [-0.39, 0.29) is 4.90 Å². The highest BCUT2D eigenvalue weighted by atomic mass is 32.2. The van der Waals surface area contributed by atoms with Crippen LogP contribution in [0.1, 0.15) is 11.1 Å². The van der Waals surface area contributed by atoms with Crippen LogP contribution in [0.3, 0.4) is 0 Å². The molecular formula is C11H13NO4S. The molecular weight excluding hydrogens is 242 g/mol. The summed E-state index contributed by atoms with van der Waals surface area (Å²) in [5.74, 6) is -1.56. The number of hydrogen-bond donors (Lipinski definition) is 2. The molecule has 2 rings (SSSR count). The summed E-state index contributed by atoms with van der Waals surface area (Å²) in [4.78, 5) is 11.1. The maximum atomic E-state index is 11.9. The lowest BCUT2D eigenvalue weighted by Crippen LogP contribution is -2.40. The zero-order chi connectivity index (χ0) is 12.8. The largest absolute Gasteiger partial charge is 0.480 e. The molecule has 6 heteroatoms. The van der Waals surface area contributed by atoms with E-state index in [4.69, 9.17) is 5.11 Å². The maximum Gasteiger partial charge on any atom is 0.327 e. The first-order valence-corrected chi connectivity index (χ1v) is 6.80. The number of aryl methyl sites for hydroxylation is 1. The number of anilines is 1. The van der Waals surface area contributed by atoms with Crippen molar-refractivity contribution in [2.45, 2.75) is 24.8 Å². The molecule has 1 aliphatic rings. The van der Waals surface area contributed by atoms with E-state index < -0.39 is 27.6 Å². The standard InChI is InChI=1S/C11H13NO4S/c1-6-3-4-9-10(7(6)2)12-8(11(13)14)5-17(9,15)16/h3-4,8,12H,5H2,1-2H3,(H,13,14). The van der Waals surface area contributed by atoms with Gasteiger partial charge in [0.25, 0.3) is 0 Å². The molecule has 1 unspecified atom stereocenters. The Kier molecular flexibility index (Phi) is 2.61. The van der Waals surface area contributed by atoms with Crippen LogP contribution in [-0.4, -0.2) is 31.3 Å². The van der Waals surface area contributed by atoms with Gasteiger partial charge in [0.1, 0.15) is 6.04 Å². The summed E-state index contributed by atoms with van der Waals surface area (Å²) in [6.07, 6.45) is 0. The van der Waals surface area contributed by atoms with E-state index in [2.05, 4.69) is 5.32 Å². The van der Waals surface area contributed by atoms with E-state index in [1.807, 2.05) is 6.92 Å². The monoisotopic (exact) mass is 255 g/mol. The number of carbonyl (C=O) groups is 1. The van der Waals surface area contributed by atoms with Gasteiger partial charge in [0.05, 0.1) is 16.3 Å². The Labute approximate surface area is 99.4 Å². The van der Waals surface area contributed by atoms with Crippen molar-refractivity contribution in [1.29, 1.82) is 0 Å². The summed E-state index contributed by atoms with van der Waals surface area (Å²) in [5.41, 5.74) is 2.12. The highest BCUT2D eigenvalue weighted by Crippen LogP contribution is 2.33. The molecule has 0 saturated carbocycles. The van der Waals surface area contributed by atoms with Gasteiger partial charge in [-0.25, -0.2) is 13.2 Å². The predicted octanol–water partition coefficient (Wildman–Crippen LogP) is 0.956. The Morgan fingerprint density at radius 1 is 1.41 bits per heavy atom. The van der Waals surface area contributed by atoms with Gasteiger partial charge < -0.3 is 10.4 Å². The average Bonchev–Trinajstić information content (AvgIpc) is 2.22. The van der Waals surface area contributed by atoms with Gasteiger partial charge >= 0.3 is 5.97 Å². The number of rotatable bonds is 1. The summed E-state index contributed by atoms with van der Waals surface area (Å²) in [6.45, 7) is 3.63. The van der Waals surface area contributed by atoms with Gasteiger partial charge in [0, 0.05) is 0 Å². The van der Waals surface area contributed by atoms with Gasteiger partial charge in [-0.15, -0.1) is 0 Å². The van der Waals surface area contributed by atoms with Crippen LogP contribution in [0.25, 0.3) is 0 Å². The minimum absolute atomic E-state index is 0.193. The lowest BCUT2D eigenvalue weighted by atomic mass is 10.1. The first-order valence-electron chi connectivity index (χ1n) is 5.15. The van der Waals surface area contributed by atoms with Crippen LogP contribution in [0.5, 0.6) is 0 Å². The highest BCUT2D eigenvalue weighted by Gasteiger charge is 2.34. The fraction of sp³-hybridized carbons (Fsp3) is 0.364. The molecule has 2 N–H and O–H groups in total. The molecule has 0 aromatic heterocycles. The van der Waals surface area contributed by atoms with Crippen molar-refractivity contribution in [2.75, 3.05) is 11.1 Å². The maximum absolute atomic E-state index is 11.9. The number of nitrogens with one attached hydrogen (secondary N) is 1. The predicted molar refractivity (Wildman–Crippen MR) is 63.0 cm³/mol. The molecule has 1 aromatic carbocycles. The van der Waals surface area contributed by atoms with Crippen LogP contribution in [0.15, 0.2) is 17.0 Å². The van der Waals surface area contributed by atoms with E-state index in [0.717, 1.165) is 11.1 Å².